The molecule has 0 saturated carbocycles. The van der Waals surface area contributed by atoms with Gasteiger partial charge in [0.15, 0.2) is 6.10 Å². The molecular formula is C16H19ClN2O2. The number of hydrogen-bond donors (Lipinski definition) is 0. The Morgan fingerprint density at radius 2 is 2.05 bits per heavy atom. The fourth-order valence-corrected chi connectivity index (χ4v) is 2.51. The van der Waals surface area contributed by atoms with Crippen LogP contribution in [0.2, 0.25) is 5.15 Å². The minimum Gasteiger partial charge on any atom is -0.490 e. The number of aromatic nitrogens is 2. The molecule has 1 atom stereocenters. The summed E-state index contributed by atoms with van der Waals surface area (Å²) in [7, 11) is 0. The van der Waals surface area contributed by atoms with Gasteiger partial charge in [0.05, 0.1) is 12.7 Å². The number of benzene rings is 1. The van der Waals surface area contributed by atoms with Crippen LogP contribution < -0.4 is 9.47 Å². The Kier molecular flexibility index (Phi) is 3.57. The third-order valence-electron chi connectivity index (χ3n) is 3.58. The molecule has 1 aromatic heterocycles. The van der Waals surface area contributed by atoms with E-state index in [2.05, 4.69) is 37.9 Å². The molecule has 1 aliphatic rings. The summed E-state index contributed by atoms with van der Waals surface area (Å²) in [6.45, 7) is 7.74. The molecule has 2 aromatic rings. The van der Waals surface area contributed by atoms with Gasteiger partial charge in [-0.25, -0.2) is 4.98 Å². The Morgan fingerprint density at radius 3 is 2.67 bits per heavy atom. The van der Waals surface area contributed by atoms with Crippen molar-refractivity contribution in [3.8, 4) is 11.8 Å². The van der Waals surface area contributed by atoms with E-state index in [9.17, 15) is 0 Å². The van der Waals surface area contributed by atoms with Crippen molar-refractivity contribution in [3.05, 3.63) is 41.2 Å². The Labute approximate surface area is 129 Å². The SMILES string of the molecule is CC(C)(C)c1ccc(OC[C@@H]2Cn3c(Cl)cnc3O2)cc1. The van der Waals surface area contributed by atoms with Crippen LogP contribution in [0.1, 0.15) is 26.3 Å². The van der Waals surface area contributed by atoms with Crippen molar-refractivity contribution < 1.29 is 9.47 Å². The lowest BCUT2D eigenvalue weighted by molar-refractivity contribution is 0.143. The topological polar surface area (TPSA) is 36.3 Å². The van der Waals surface area contributed by atoms with E-state index in [0.29, 0.717) is 24.3 Å². The fraction of sp³-hybridized carbons (Fsp3) is 0.438. The summed E-state index contributed by atoms with van der Waals surface area (Å²) in [6, 6.07) is 8.78. The summed E-state index contributed by atoms with van der Waals surface area (Å²) in [5.74, 6) is 0.849. The lowest BCUT2D eigenvalue weighted by atomic mass is 9.87. The zero-order valence-electron chi connectivity index (χ0n) is 12.5. The Bertz CT molecular complexity index is 629. The molecule has 0 N–H and O–H groups in total. The number of rotatable bonds is 3. The highest BCUT2D eigenvalue weighted by atomic mass is 35.5. The summed E-state index contributed by atoms with van der Waals surface area (Å²) in [6.07, 6.45) is 1.55. The second kappa shape index (κ2) is 5.26. The summed E-state index contributed by atoms with van der Waals surface area (Å²) >= 11 is 6.01. The first-order chi connectivity index (χ1) is 9.93. The van der Waals surface area contributed by atoms with Crippen LogP contribution in [0.3, 0.4) is 0 Å². The van der Waals surface area contributed by atoms with Gasteiger partial charge in [0, 0.05) is 0 Å². The Morgan fingerprint density at radius 1 is 1.33 bits per heavy atom. The second-order valence-electron chi connectivity index (χ2n) is 6.30. The van der Waals surface area contributed by atoms with Crippen LogP contribution in [0.15, 0.2) is 30.5 Å². The largest absolute Gasteiger partial charge is 0.490 e. The van der Waals surface area contributed by atoms with E-state index in [4.69, 9.17) is 21.1 Å². The molecule has 5 heteroatoms. The molecule has 3 rings (SSSR count). The quantitative estimate of drug-likeness (QED) is 0.868. The van der Waals surface area contributed by atoms with Crippen LogP contribution in [0.25, 0.3) is 0 Å². The summed E-state index contributed by atoms with van der Waals surface area (Å²) in [5.41, 5.74) is 1.44. The molecule has 2 heterocycles. The molecule has 0 amide bonds. The molecular weight excluding hydrogens is 288 g/mol. The first-order valence-corrected chi connectivity index (χ1v) is 7.42. The monoisotopic (exact) mass is 306 g/mol. The number of ether oxygens (including phenoxy) is 2. The van der Waals surface area contributed by atoms with Gasteiger partial charge in [-0.3, -0.25) is 4.57 Å². The van der Waals surface area contributed by atoms with Crippen molar-refractivity contribution in [1.82, 2.24) is 9.55 Å². The normalized spacial score (nSPS) is 17.4. The highest BCUT2D eigenvalue weighted by molar-refractivity contribution is 6.29. The summed E-state index contributed by atoms with van der Waals surface area (Å²) in [5, 5.41) is 0.599. The average Bonchev–Trinajstić information content (AvgIpc) is 2.98. The van der Waals surface area contributed by atoms with Crippen LogP contribution in [0, 0.1) is 0 Å². The van der Waals surface area contributed by atoms with Gasteiger partial charge in [0.25, 0.3) is 6.01 Å². The minimum atomic E-state index is -0.0477. The van der Waals surface area contributed by atoms with Gasteiger partial charge in [0.1, 0.15) is 17.5 Å². The molecule has 0 unspecified atom stereocenters. The minimum absolute atomic E-state index is 0.0477. The Balaban J connectivity index is 1.57. The maximum atomic E-state index is 6.01. The first-order valence-electron chi connectivity index (χ1n) is 7.04. The van der Waals surface area contributed by atoms with E-state index in [0.717, 1.165) is 5.75 Å². The molecule has 1 aliphatic heterocycles. The average molecular weight is 307 g/mol. The maximum Gasteiger partial charge on any atom is 0.298 e. The van der Waals surface area contributed by atoms with Crippen LogP contribution in [-0.2, 0) is 12.0 Å². The van der Waals surface area contributed by atoms with E-state index >= 15 is 0 Å². The highest BCUT2D eigenvalue weighted by Crippen LogP contribution is 2.27. The Hall–Kier alpha value is -1.68. The van der Waals surface area contributed by atoms with Gasteiger partial charge in [0.2, 0.25) is 0 Å². The molecule has 4 nitrogen and oxygen atoms in total. The zero-order chi connectivity index (χ0) is 15.0. The van der Waals surface area contributed by atoms with Gasteiger partial charge < -0.3 is 9.47 Å². The van der Waals surface area contributed by atoms with Gasteiger partial charge in [-0.15, -0.1) is 0 Å². The van der Waals surface area contributed by atoms with Crippen LogP contribution in [-0.4, -0.2) is 22.3 Å². The lowest BCUT2D eigenvalue weighted by Crippen LogP contribution is -2.23. The van der Waals surface area contributed by atoms with Crippen LogP contribution >= 0.6 is 11.6 Å². The van der Waals surface area contributed by atoms with Crippen molar-refractivity contribution in [2.24, 2.45) is 0 Å². The molecule has 112 valence electrons. The summed E-state index contributed by atoms with van der Waals surface area (Å²) < 4.78 is 13.3. The highest BCUT2D eigenvalue weighted by Gasteiger charge is 2.26. The molecule has 0 fully saturated rings. The second-order valence-corrected chi connectivity index (χ2v) is 6.69. The lowest BCUT2D eigenvalue weighted by Gasteiger charge is -2.19. The molecule has 0 radical (unpaired) electrons. The standard InChI is InChI=1S/C16H19ClN2O2/c1-16(2,3)11-4-6-12(7-5-11)20-10-13-9-19-14(17)8-18-15(19)21-13/h4-8,13H,9-10H2,1-3H3/t13-/m0/s1. The van der Waals surface area contributed by atoms with E-state index in [1.165, 1.54) is 5.56 Å². The van der Waals surface area contributed by atoms with Crippen molar-refractivity contribution in [2.45, 2.75) is 38.8 Å². The van der Waals surface area contributed by atoms with Crippen molar-refractivity contribution >= 4 is 11.6 Å². The van der Waals surface area contributed by atoms with Gasteiger partial charge >= 0.3 is 0 Å². The van der Waals surface area contributed by atoms with Crippen LogP contribution in [0.4, 0.5) is 0 Å². The third kappa shape index (κ3) is 3.00. The van der Waals surface area contributed by atoms with E-state index in [1.54, 1.807) is 6.20 Å². The summed E-state index contributed by atoms with van der Waals surface area (Å²) in [4.78, 5) is 4.09. The van der Waals surface area contributed by atoms with Crippen molar-refractivity contribution in [2.75, 3.05) is 6.61 Å². The van der Waals surface area contributed by atoms with E-state index < -0.39 is 0 Å². The maximum absolute atomic E-state index is 6.01. The van der Waals surface area contributed by atoms with Gasteiger partial charge in [-0.1, -0.05) is 44.5 Å². The van der Waals surface area contributed by atoms with Crippen molar-refractivity contribution in [3.63, 3.8) is 0 Å². The molecule has 0 bridgehead atoms. The smallest absolute Gasteiger partial charge is 0.298 e. The van der Waals surface area contributed by atoms with Gasteiger partial charge in [-0.2, -0.15) is 0 Å². The molecule has 0 aliphatic carbocycles. The number of hydrogen-bond acceptors (Lipinski definition) is 3. The number of halogens is 1. The van der Waals surface area contributed by atoms with E-state index in [-0.39, 0.29) is 11.5 Å². The van der Waals surface area contributed by atoms with Crippen molar-refractivity contribution in [1.29, 1.82) is 0 Å². The predicted octanol–water partition coefficient (Wildman–Crippen LogP) is 3.67. The van der Waals surface area contributed by atoms with Crippen LogP contribution in [0.5, 0.6) is 11.8 Å². The molecule has 0 saturated heterocycles. The zero-order valence-corrected chi connectivity index (χ0v) is 13.2. The predicted molar refractivity (Wildman–Crippen MR) is 82.3 cm³/mol. The number of imidazole rings is 1. The number of nitrogens with zero attached hydrogens (tertiary/aromatic N) is 2. The van der Waals surface area contributed by atoms with E-state index in [1.807, 2.05) is 16.7 Å². The molecule has 1 aromatic carbocycles. The number of fused-ring (bicyclic) bond motifs is 1. The van der Waals surface area contributed by atoms with Gasteiger partial charge in [-0.05, 0) is 23.1 Å². The molecule has 0 spiro atoms. The third-order valence-corrected chi connectivity index (χ3v) is 3.89. The fourth-order valence-electron chi connectivity index (χ4n) is 2.32. The first kappa shape index (κ1) is 14.3. The molecule has 21 heavy (non-hydrogen) atoms.